The number of Topliss-reactive ketones (excluding diaryl/α,β-unsaturated/α-hetero) is 1. The molecule has 0 aliphatic heterocycles. The molecular weight excluding hydrogens is 489 g/mol. The Balaban J connectivity index is 1.42. The first-order valence-corrected chi connectivity index (χ1v) is 11.0. The molecule has 4 rings (SSSR count). The molecule has 5 heteroatoms. The first kappa shape index (κ1) is 20.9. The van der Waals surface area contributed by atoms with E-state index in [-0.39, 0.29) is 23.7 Å². The van der Waals surface area contributed by atoms with Crippen molar-refractivity contribution >= 4 is 34.5 Å². The molecule has 0 heterocycles. The van der Waals surface area contributed by atoms with Crippen LogP contribution in [0.15, 0.2) is 78.9 Å². The number of rotatable bonds is 7. The van der Waals surface area contributed by atoms with E-state index in [1.54, 1.807) is 0 Å². The van der Waals surface area contributed by atoms with Crippen molar-refractivity contribution in [1.29, 1.82) is 0 Å². The predicted octanol–water partition coefficient (Wildman–Crippen LogP) is 5.96. The van der Waals surface area contributed by atoms with Gasteiger partial charge in [-0.1, -0.05) is 54.6 Å². The molecule has 1 aliphatic rings. The summed E-state index contributed by atoms with van der Waals surface area (Å²) < 4.78 is 11.7. The summed E-state index contributed by atoms with van der Waals surface area (Å²) in [6.07, 6.45) is 1.59. The lowest BCUT2D eigenvalue weighted by Crippen LogP contribution is -2.30. The monoisotopic (exact) mass is 513 g/mol. The van der Waals surface area contributed by atoms with Crippen LogP contribution in [-0.2, 0) is 3.07 Å². The lowest BCUT2D eigenvalue weighted by atomic mass is 9.92. The standard InChI is InChI=1S/C25H24INO3/c26-30-25-20(16-29-22-4-2-1-3-5-22)12-15-23(25)24(28)19-8-6-17(7-9-19)18-10-13-21(27)14-11-18/h1-11,13-14,20,23,25H,12,15-16,27H2/t20-,23+,25?/m0/s1. The zero-order valence-electron chi connectivity index (χ0n) is 16.5. The van der Waals surface area contributed by atoms with Crippen molar-refractivity contribution in [2.24, 2.45) is 11.8 Å². The van der Waals surface area contributed by atoms with Crippen LogP contribution < -0.4 is 10.5 Å². The molecule has 154 valence electrons. The van der Waals surface area contributed by atoms with Gasteiger partial charge in [-0.25, -0.2) is 0 Å². The van der Waals surface area contributed by atoms with Crippen molar-refractivity contribution in [3.63, 3.8) is 0 Å². The highest BCUT2D eigenvalue weighted by atomic mass is 127. The van der Waals surface area contributed by atoms with E-state index in [0.29, 0.717) is 6.61 Å². The van der Waals surface area contributed by atoms with Crippen LogP contribution in [0.4, 0.5) is 5.69 Å². The summed E-state index contributed by atoms with van der Waals surface area (Å²) in [7, 11) is 0. The van der Waals surface area contributed by atoms with Gasteiger partial charge < -0.3 is 13.5 Å². The SMILES string of the molecule is Nc1ccc(-c2ccc(C(=O)[C@H]3CC[C@@H](COc4ccccc4)C3OI)cc2)cc1. The minimum Gasteiger partial charge on any atom is -0.493 e. The number of carbonyl (C=O) groups is 1. The molecule has 0 spiro atoms. The number of hydrogen-bond donors (Lipinski definition) is 1. The third kappa shape index (κ3) is 4.68. The number of ketones is 1. The van der Waals surface area contributed by atoms with Gasteiger partial charge in [0, 0.05) is 17.2 Å². The van der Waals surface area contributed by atoms with Crippen molar-refractivity contribution in [1.82, 2.24) is 0 Å². The molecule has 3 aromatic carbocycles. The molecule has 3 aromatic rings. The number of nitrogens with two attached hydrogens (primary N) is 1. The summed E-state index contributed by atoms with van der Waals surface area (Å²) >= 11 is 1.92. The normalized spacial score (nSPS) is 20.8. The highest BCUT2D eigenvalue weighted by molar-refractivity contribution is 14.1. The number of halogens is 1. The number of ether oxygens (including phenoxy) is 1. The molecule has 1 saturated carbocycles. The zero-order chi connectivity index (χ0) is 20.9. The predicted molar refractivity (Wildman–Crippen MR) is 128 cm³/mol. The van der Waals surface area contributed by atoms with Gasteiger partial charge in [-0.3, -0.25) is 4.79 Å². The van der Waals surface area contributed by atoms with E-state index in [1.165, 1.54) is 0 Å². The Hall–Kier alpha value is -2.38. The molecule has 1 fully saturated rings. The van der Waals surface area contributed by atoms with Crippen molar-refractivity contribution in [3.05, 3.63) is 84.4 Å². The van der Waals surface area contributed by atoms with Crippen LogP contribution in [0.1, 0.15) is 23.2 Å². The van der Waals surface area contributed by atoms with Gasteiger partial charge in [0.25, 0.3) is 0 Å². The Morgan fingerprint density at radius 3 is 2.17 bits per heavy atom. The van der Waals surface area contributed by atoms with Crippen LogP contribution in [0.25, 0.3) is 11.1 Å². The van der Waals surface area contributed by atoms with Gasteiger partial charge >= 0.3 is 0 Å². The number of hydrogen-bond acceptors (Lipinski definition) is 4. The minimum absolute atomic E-state index is 0.140. The Morgan fingerprint density at radius 2 is 1.53 bits per heavy atom. The van der Waals surface area contributed by atoms with Gasteiger partial charge in [-0.15, -0.1) is 0 Å². The van der Waals surface area contributed by atoms with Crippen LogP contribution in [-0.4, -0.2) is 18.5 Å². The summed E-state index contributed by atoms with van der Waals surface area (Å²) in [5.74, 6) is 1.04. The molecule has 1 unspecified atom stereocenters. The average Bonchev–Trinajstić information content (AvgIpc) is 3.21. The fourth-order valence-corrected chi connectivity index (χ4v) is 4.85. The fourth-order valence-electron chi connectivity index (χ4n) is 4.08. The quantitative estimate of drug-likeness (QED) is 0.241. The van der Waals surface area contributed by atoms with Crippen molar-refractivity contribution in [2.45, 2.75) is 18.9 Å². The number of para-hydroxylation sites is 1. The van der Waals surface area contributed by atoms with Gasteiger partial charge in [-0.2, -0.15) is 0 Å². The molecule has 3 atom stereocenters. The van der Waals surface area contributed by atoms with E-state index < -0.39 is 0 Å². The maximum atomic E-state index is 13.2. The Kier molecular flexibility index (Phi) is 6.69. The Bertz CT molecular complexity index is 974. The topological polar surface area (TPSA) is 61.6 Å². The second kappa shape index (κ2) is 9.62. The third-order valence-electron chi connectivity index (χ3n) is 5.77. The van der Waals surface area contributed by atoms with Gasteiger partial charge in [0.1, 0.15) is 28.8 Å². The van der Waals surface area contributed by atoms with E-state index in [9.17, 15) is 4.79 Å². The first-order valence-electron chi connectivity index (χ1n) is 10.1. The Morgan fingerprint density at radius 1 is 0.900 bits per heavy atom. The van der Waals surface area contributed by atoms with Crippen molar-refractivity contribution < 1.29 is 12.6 Å². The average molecular weight is 513 g/mol. The van der Waals surface area contributed by atoms with Crippen LogP contribution in [0.2, 0.25) is 0 Å². The van der Waals surface area contributed by atoms with Gasteiger partial charge in [-0.05, 0) is 48.2 Å². The molecule has 0 radical (unpaired) electrons. The second-order valence-electron chi connectivity index (χ2n) is 7.69. The van der Waals surface area contributed by atoms with Gasteiger partial charge in [0.15, 0.2) is 5.78 Å². The Labute approximate surface area is 191 Å². The molecule has 1 aliphatic carbocycles. The molecule has 0 amide bonds. The first-order chi connectivity index (χ1) is 14.7. The highest BCUT2D eigenvalue weighted by Gasteiger charge is 2.41. The zero-order valence-corrected chi connectivity index (χ0v) is 18.7. The smallest absolute Gasteiger partial charge is 0.168 e. The maximum absolute atomic E-state index is 13.2. The van der Waals surface area contributed by atoms with E-state index in [2.05, 4.69) is 0 Å². The van der Waals surface area contributed by atoms with E-state index in [0.717, 1.165) is 41.0 Å². The van der Waals surface area contributed by atoms with Crippen molar-refractivity contribution in [3.8, 4) is 16.9 Å². The molecule has 0 bridgehead atoms. The summed E-state index contributed by atoms with van der Waals surface area (Å²) in [6.45, 7) is 0.553. The molecular formula is C25H24INO3. The number of nitrogen functional groups attached to an aromatic ring is 1. The summed E-state index contributed by atoms with van der Waals surface area (Å²) in [5.41, 5.74) is 9.37. The maximum Gasteiger partial charge on any atom is 0.168 e. The van der Waals surface area contributed by atoms with Gasteiger partial charge in [0.2, 0.25) is 0 Å². The lowest BCUT2D eigenvalue weighted by Gasteiger charge is -2.22. The van der Waals surface area contributed by atoms with Crippen molar-refractivity contribution in [2.75, 3.05) is 12.3 Å². The van der Waals surface area contributed by atoms with Crippen LogP contribution in [0, 0.1) is 11.8 Å². The summed E-state index contributed by atoms with van der Waals surface area (Å²) in [4.78, 5) is 13.2. The second-order valence-corrected chi connectivity index (χ2v) is 8.19. The third-order valence-corrected chi connectivity index (χ3v) is 6.36. The van der Waals surface area contributed by atoms with E-state index in [4.69, 9.17) is 13.5 Å². The number of anilines is 1. The van der Waals surface area contributed by atoms with Crippen LogP contribution in [0.5, 0.6) is 5.75 Å². The van der Waals surface area contributed by atoms with E-state index in [1.807, 2.05) is 102 Å². The van der Waals surface area contributed by atoms with Crippen LogP contribution >= 0.6 is 23.0 Å². The number of carbonyl (C=O) groups excluding carboxylic acids is 1. The summed E-state index contributed by atoms with van der Waals surface area (Å²) in [6, 6.07) is 25.3. The molecule has 0 aromatic heterocycles. The molecule has 30 heavy (non-hydrogen) atoms. The fraction of sp³-hybridized carbons (Fsp3) is 0.240. The molecule has 0 saturated heterocycles. The van der Waals surface area contributed by atoms with E-state index >= 15 is 0 Å². The molecule has 4 nitrogen and oxygen atoms in total. The molecule has 2 N–H and O–H groups in total. The minimum atomic E-state index is -0.145. The largest absolute Gasteiger partial charge is 0.493 e. The number of benzene rings is 3. The highest BCUT2D eigenvalue weighted by Crippen LogP contribution is 2.37. The lowest BCUT2D eigenvalue weighted by molar-refractivity contribution is 0.0780. The summed E-state index contributed by atoms with van der Waals surface area (Å²) in [5, 5.41) is 0. The van der Waals surface area contributed by atoms with Crippen LogP contribution in [0.3, 0.4) is 0 Å². The van der Waals surface area contributed by atoms with Gasteiger partial charge in [0.05, 0.1) is 18.6 Å².